The van der Waals surface area contributed by atoms with E-state index in [-0.39, 0.29) is 5.91 Å². The van der Waals surface area contributed by atoms with Gasteiger partial charge in [0.1, 0.15) is 0 Å². The zero-order valence-corrected chi connectivity index (χ0v) is 9.93. The van der Waals surface area contributed by atoms with E-state index in [1.165, 1.54) is 24.0 Å². The number of hydrogen-bond donors (Lipinski definition) is 0. The van der Waals surface area contributed by atoms with E-state index < -0.39 is 0 Å². The van der Waals surface area contributed by atoms with Crippen molar-refractivity contribution in [2.75, 3.05) is 6.54 Å². The van der Waals surface area contributed by atoms with E-state index in [4.69, 9.17) is 0 Å². The molecule has 0 aliphatic carbocycles. The summed E-state index contributed by atoms with van der Waals surface area (Å²) in [6.45, 7) is 0.957. The van der Waals surface area contributed by atoms with Crippen molar-refractivity contribution < 1.29 is 4.79 Å². The first-order valence-corrected chi connectivity index (χ1v) is 6.37. The molecular weight excluding hydrogens is 210 g/mol. The van der Waals surface area contributed by atoms with Crippen molar-refractivity contribution in [3.05, 3.63) is 47.5 Å². The molecule has 1 aromatic carbocycles. The highest BCUT2D eigenvalue weighted by Gasteiger charge is 2.31. The smallest absolute Gasteiger partial charge is 0.246 e. The quantitative estimate of drug-likeness (QED) is 0.760. The van der Waals surface area contributed by atoms with Crippen LogP contribution in [0.25, 0.3) is 0 Å². The van der Waals surface area contributed by atoms with Crippen molar-refractivity contribution in [3.8, 4) is 0 Å². The molecule has 1 atom stereocenters. The summed E-state index contributed by atoms with van der Waals surface area (Å²) in [5.74, 6) is 0.227. The van der Waals surface area contributed by atoms with Gasteiger partial charge in [-0.05, 0) is 31.2 Å². The molecule has 0 saturated carbocycles. The first kappa shape index (κ1) is 10.6. The number of carbonyl (C=O) groups excluding carboxylic acids is 1. The molecule has 0 aromatic heterocycles. The first-order chi connectivity index (χ1) is 8.33. The van der Waals surface area contributed by atoms with Crippen molar-refractivity contribution >= 4 is 5.91 Å². The molecular formula is C15H17NO. The Kier molecular flexibility index (Phi) is 2.71. The van der Waals surface area contributed by atoms with Crippen LogP contribution in [0.4, 0.5) is 0 Å². The molecule has 2 heterocycles. The summed E-state index contributed by atoms with van der Waals surface area (Å²) in [6.07, 6.45) is 6.20. The first-order valence-electron chi connectivity index (χ1n) is 6.37. The number of amides is 1. The molecule has 1 aromatic rings. The molecule has 0 N–H and O–H groups in total. The van der Waals surface area contributed by atoms with Crippen LogP contribution in [0.3, 0.4) is 0 Å². The minimum Gasteiger partial charge on any atom is -0.336 e. The summed E-state index contributed by atoms with van der Waals surface area (Å²) in [4.78, 5) is 14.0. The Bertz CT molecular complexity index is 449. The Labute approximate surface area is 102 Å². The lowest BCUT2D eigenvalue weighted by Gasteiger charge is -2.29. The molecule has 2 nitrogen and oxygen atoms in total. The summed E-state index contributed by atoms with van der Waals surface area (Å²) >= 11 is 0. The van der Waals surface area contributed by atoms with Crippen LogP contribution in [0, 0.1) is 0 Å². The maximum Gasteiger partial charge on any atom is 0.246 e. The maximum atomic E-state index is 11.9. The molecule has 2 aliphatic heterocycles. The van der Waals surface area contributed by atoms with Gasteiger partial charge in [0.25, 0.3) is 0 Å². The third-order valence-corrected chi connectivity index (χ3v) is 3.76. The largest absolute Gasteiger partial charge is 0.336 e. The molecule has 88 valence electrons. The highest BCUT2D eigenvalue weighted by Crippen LogP contribution is 2.29. The van der Waals surface area contributed by atoms with Crippen LogP contribution in [0.1, 0.15) is 24.8 Å². The van der Waals surface area contributed by atoms with Crippen LogP contribution in [-0.2, 0) is 11.2 Å². The lowest BCUT2D eigenvalue weighted by atomic mass is 9.94. The standard InChI is InChI=1S/C15H17NO/c17-15-11-13(9-12-5-2-1-3-6-12)10-14-7-4-8-16(14)15/h1-3,5-6,11,14H,4,7-10H2/t14-/m0/s1. The predicted octanol–water partition coefficient (Wildman–Crippen LogP) is 2.55. The average Bonchev–Trinajstić information content (AvgIpc) is 2.79. The number of carbonyl (C=O) groups is 1. The van der Waals surface area contributed by atoms with Gasteiger partial charge in [0, 0.05) is 18.7 Å². The van der Waals surface area contributed by atoms with E-state index in [1.54, 1.807) is 0 Å². The minimum atomic E-state index is 0.227. The highest BCUT2D eigenvalue weighted by atomic mass is 16.2. The normalized spacial score (nSPS) is 23.5. The summed E-state index contributed by atoms with van der Waals surface area (Å²) < 4.78 is 0. The van der Waals surface area contributed by atoms with Crippen LogP contribution >= 0.6 is 0 Å². The molecule has 0 radical (unpaired) electrons. The summed E-state index contributed by atoms with van der Waals surface area (Å²) in [5, 5.41) is 0. The topological polar surface area (TPSA) is 20.3 Å². The zero-order valence-electron chi connectivity index (χ0n) is 9.93. The SMILES string of the molecule is O=C1C=C(Cc2ccccc2)C[C@@H]2CCCN12. The summed E-state index contributed by atoms with van der Waals surface area (Å²) in [5.41, 5.74) is 2.60. The average molecular weight is 227 g/mol. The predicted molar refractivity (Wildman–Crippen MR) is 67.6 cm³/mol. The molecule has 0 bridgehead atoms. The fourth-order valence-electron chi connectivity index (χ4n) is 2.94. The molecule has 1 amide bonds. The van der Waals surface area contributed by atoms with Gasteiger partial charge in [-0.1, -0.05) is 35.9 Å². The number of rotatable bonds is 2. The Balaban J connectivity index is 1.76. The van der Waals surface area contributed by atoms with Crippen molar-refractivity contribution in [2.45, 2.75) is 31.7 Å². The molecule has 17 heavy (non-hydrogen) atoms. The van der Waals surface area contributed by atoms with Crippen molar-refractivity contribution in [1.82, 2.24) is 4.90 Å². The summed E-state index contributed by atoms with van der Waals surface area (Å²) in [6, 6.07) is 10.9. The van der Waals surface area contributed by atoms with E-state index in [2.05, 4.69) is 24.3 Å². The monoisotopic (exact) mass is 227 g/mol. The van der Waals surface area contributed by atoms with Gasteiger partial charge < -0.3 is 4.90 Å². The van der Waals surface area contributed by atoms with E-state index in [9.17, 15) is 4.79 Å². The molecule has 1 fully saturated rings. The molecule has 3 rings (SSSR count). The van der Waals surface area contributed by atoms with E-state index in [1.807, 2.05) is 17.0 Å². The van der Waals surface area contributed by atoms with Gasteiger partial charge in [0.2, 0.25) is 5.91 Å². The van der Waals surface area contributed by atoms with E-state index >= 15 is 0 Å². The van der Waals surface area contributed by atoms with Gasteiger partial charge in [0.05, 0.1) is 0 Å². The number of hydrogen-bond acceptors (Lipinski definition) is 1. The Hall–Kier alpha value is -1.57. The highest BCUT2D eigenvalue weighted by molar-refractivity contribution is 5.90. The fraction of sp³-hybridized carbons (Fsp3) is 0.400. The molecule has 2 heteroatoms. The van der Waals surface area contributed by atoms with Crippen LogP contribution in [0.2, 0.25) is 0 Å². The van der Waals surface area contributed by atoms with E-state index in [0.717, 1.165) is 19.4 Å². The molecule has 2 aliphatic rings. The zero-order chi connectivity index (χ0) is 11.7. The van der Waals surface area contributed by atoms with Gasteiger partial charge in [-0.3, -0.25) is 4.79 Å². The lowest BCUT2D eigenvalue weighted by Crippen LogP contribution is -2.38. The van der Waals surface area contributed by atoms with Crippen LogP contribution < -0.4 is 0 Å². The van der Waals surface area contributed by atoms with Gasteiger partial charge in [-0.25, -0.2) is 0 Å². The third kappa shape index (κ3) is 2.12. The molecule has 1 saturated heterocycles. The second kappa shape index (κ2) is 4.36. The molecule has 0 unspecified atom stereocenters. The second-order valence-electron chi connectivity index (χ2n) is 5.00. The Morgan fingerprint density at radius 1 is 1.24 bits per heavy atom. The van der Waals surface area contributed by atoms with Crippen LogP contribution in [0.5, 0.6) is 0 Å². The van der Waals surface area contributed by atoms with Crippen molar-refractivity contribution in [3.63, 3.8) is 0 Å². The number of fused-ring (bicyclic) bond motifs is 1. The van der Waals surface area contributed by atoms with E-state index in [0.29, 0.717) is 6.04 Å². The minimum absolute atomic E-state index is 0.227. The van der Waals surface area contributed by atoms with Gasteiger partial charge >= 0.3 is 0 Å². The number of benzene rings is 1. The van der Waals surface area contributed by atoms with Crippen LogP contribution in [-0.4, -0.2) is 23.4 Å². The van der Waals surface area contributed by atoms with Gasteiger partial charge in [-0.15, -0.1) is 0 Å². The van der Waals surface area contributed by atoms with Gasteiger partial charge in [-0.2, -0.15) is 0 Å². The van der Waals surface area contributed by atoms with Crippen molar-refractivity contribution in [2.24, 2.45) is 0 Å². The second-order valence-corrected chi connectivity index (χ2v) is 5.00. The van der Waals surface area contributed by atoms with Crippen LogP contribution in [0.15, 0.2) is 42.0 Å². The lowest BCUT2D eigenvalue weighted by molar-refractivity contribution is -0.127. The Morgan fingerprint density at radius 2 is 2.06 bits per heavy atom. The third-order valence-electron chi connectivity index (χ3n) is 3.76. The maximum absolute atomic E-state index is 11.9. The fourth-order valence-corrected chi connectivity index (χ4v) is 2.94. The number of nitrogens with zero attached hydrogens (tertiary/aromatic N) is 1. The van der Waals surface area contributed by atoms with Crippen molar-refractivity contribution in [1.29, 1.82) is 0 Å². The van der Waals surface area contributed by atoms with Gasteiger partial charge in [0.15, 0.2) is 0 Å². The molecule has 0 spiro atoms. The summed E-state index contributed by atoms with van der Waals surface area (Å²) in [7, 11) is 0. The Morgan fingerprint density at radius 3 is 2.88 bits per heavy atom.